The van der Waals surface area contributed by atoms with Crippen molar-refractivity contribution < 1.29 is 17.9 Å². The predicted octanol–water partition coefficient (Wildman–Crippen LogP) is 1.21. The number of carbonyl (C=O) groups excluding carboxylic acids is 1. The number of ether oxygens (including phenoxy) is 1. The third kappa shape index (κ3) is 6.40. The number of nitrogens with one attached hydrogen (secondary N) is 1. The van der Waals surface area contributed by atoms with Gasteiger partial charge in [-0.15, -0.1) is 0 Å². The Balaban J connectivity index is 1.39. The summed E-state index contributed by atoms with van der Waals surface area (Å²) in [6, 6.07) is 8.00. The number of piperidine rings is 1. The van der Waals surface area contributed by atoms with E-state index in [-0.39, 0.29) is 11.9 Å². The molecule has 1 aromatic carbocycles. The fraction of sp³-hybridized carbons (Fsp3) is 0.650. The Morgan fingerprint density at radius 2 is 1.76 bits per heavy atom. The van der Waals surface area contributed by atoms with Crippen LogP contribution in [0.2, 0.25) is 0 Å². The van der Waals surface area contributed by atoms with Crippen LogP contribution in [-0.2, 0) is 19.6 Å². The highest BCUT2D eigenvalue weighted by molar-refractivity contribution is 7.88. The second-order valence-electron chi connectivity index (χ2n) is 7.80. The van der Waals surface area contributed by atoms with Crippen LogP contribution >= 0.6 is 0 Å². The van der Waals surface area contributed by atoms with Gasteiger partial charge in [0.2, 0.25) is 15.9 Å². The van der Waals surface area contributed by atoms with Crippen LogP contribution in [0.1, 0.15) is 19.3 Å². The van der Waals surface area contributed by atoms with Gasteiger partial charge in [0.25, 0.3) is 0 Å². The Bertz CT molecular complexity index is 770. The van der Waals surface area contributed by atoms with E-state index in [4.69, 9.17) is 4.74 Å². The molecular formula is C20H32N4O4S. The van der Waals surface area contributed by atoms with Crippen molar-refractivity contribution in [1.29, 1.82) is 0 Å². The van der Waals surface area contributed by atoms with E-state index < -0.39 is 10.0 Å². The van der Waals surface area contributed by atoms with Crippen molar-refractivity contribution in [2.75, 3.05) is 69.5 Å². The molecule has 2 aliphatic rings. The Labute approximate surface area is 173 Å². The van der Waals surface area contributed by atoms with E-state index in [1.165, 1.54) is 10.6 Å². The molecule has 0 bridgehead atoms. The van der Waals surface area contributed by atoms with E-state index >= 15 is 0 Å². The lowest BCUT2D eigenvalue weighted by Gasteiger charge is -2.35. The molecule has 162 valence electrons. The van der Waals surface area contributed by atoms with Crippen LogP contribution in [0.3, 0.4) is 0 Å². The van der Waals surface area contributed by atoms with Crippen molar-refractivity contribution in [1.82, 2.24) is 9.21 Å². The van der Waals surface area contributed by atoms with E-state index in [0.717, 1.165) is 63.6 Å². The zero-order valence-electron chi connectivity index (χ0n) is 17.3. The third-order valence-electron chi connectivity index (χ3n) is 5.78. The minimum Gasteiger partial charge on any atom is -0.378 e. The molecule has 0 saturated carbocycles. The molecule has 2 heterocycles. The summed E-state index contributed by atoms with van der Waals surface area (Å²) in [5, 5.41) is 2.96. The fourth-order valence-electron chi connectivity index (χ4n) is 3.84. The van der Waals surface area contributed by atoms with Crippen LogP contribution in [0.25, 0.3) is 0 Å². The minimum atomic E-state index is -3.15. The summed E-state index contributed by atoms with van der Waals surface area (Å²) in [4.78, 5) is 16.8. The van der Waals surface area contributed by atoms with E-state index in [0.29, 0.717) is 13.0 Å². The number of carbonyl (C=O) groups is 1. The summed E-state index contributed by atoms with van der Waals surface area (Å²) in [6.45, 7) is 5.59. The summed E-state index contributed by atoms with van der Waals surface area (Å²) < 4.78 is 30.2. The Morgan fingerprint density at radius 3 is 2.34 bits per heavy atom. The molecule has 29 heavy (non-hydrogen) atoms. The topological polar surface area (TPSA) is 82.2 Å². The highest BCUT2D eigenvalue weighted by Gasteiger charge is 2.27. The molecule has 1 aromatic rings. The summed E-state index contributed by atoms with van der Waals surface area (Å²) in [5.41, 5.74) is 1.95. The highest BCUT2D eigenvalue weighted by atomic mass is 32.2. The lowest BCUT2D eigenvalue weighted by atomic mass is 10.1. The molecule has 9 heteroatoms. The predicted molar refractivity (Wildman–Crippen MR) is 115 cm³/mol. The molecule has 0 radical (unpaired) electrons. The van der Waals surface area contributed by atoms with Crippen LogP contribution in [0.4, 0.5) is 11.4 Å². The number of nitrogens with zero attached hydrogens (tertiary/aromatic N) is 3. The monoisotopic (exact) mass is 424 g/mol. The number of amides is 1. The Morgan fingerprint density at radius 1 is 1.14 bits per heavy atom. The lowest BCUT2D eigenvalue weighted by Crippen LogP contribution is -2.45. The second kappa shape index (κ2) is 9.88. The second-order valence-corrected chi connectivity index (χ2v) is 9.84. The maximum atomic E-state index is 12.3. The summed E-state index contributed by atoms with van der Waals surface area (Å²) >= 11 is 0. The van der Waals surface area contributed by atoms with Gasteiger partial charge in [0, 0.05) is 50.5 Å². The number of hydrogen-bond donors (Lipinski definition) is 1. The number of morpholine rings is 1. The summed E-state index contributed by atoms with van der Waals surface area (Å²) in [6.07, 6.45) is 3.28. The standard InChI is InChI=1S/C20H32N4O4S/c1-22(29(2,26)27)18-7-10-23(11-8-18)12-9-20(25)21-17-3-5-19(6-4-17)24-13-15-28-16-14-24/h3-6,18H,7-16H2,1-2H3,(H,21,25). The van der Waals surface area contributed by atoms with E-state index in [2.05, 4.69) is 15.1 Å². The van der Waals surface area contributed by atoms with Gasteiger partial charge in [-0.3, -0.25) is 4.79 Å². The average Bonchev–Trinajstić information content (AvgIpc) is 2.73. The lowest BCUT2D eigenvalue weighted by molar-refractivity contribution is -0.116. The molecule has 2 aliphatic heterocycles. The van der Waals surface area contributed by atoms with E-state index in [1.54, 1.807) is 7.05 Å². The highest BCUT2D eigenvalue weighted by Crippen LogP contribution is 2.20. The number of hydrogen-bond acceptors (Lipinski definition) is 6. The molecule has 1 N–H and O–H groups in total. The molecule has 2 saturated heterocycles. The number of benzene rings is 1. The van der Waals surface area contributed by atoms with E-state index in [1.807, 2.05) is 24.3 Å². The Kier molecular flexibility index (Phi) is 7.50. The maximum absolute atomic E-state index is 12.3. The third-order valence-corrected chi connectivity index (χ3v) is 7.12. The normalized spacial score (nSPS) is 19.5. The number of sulfonamides is 1. The molecular weight excluding hydrogens is 392 g/mol. The first-order valence-electron chi connectivity index (χ1n) is 10.2. The summed E-state index contributed by atoms with van der Waals surface area (Å²) in [5.74, 6) is -0.000463. The molecule has 0 aliphatic carbocycles. The fourth-order valence-corrected chi connectivity index (χ4v) is 4.59. The quantitative estimate of drug-likeness (QED) is 0.709. The molecule has 0 atom stereocenters. The van der Waals surface area contributed by atoms with E-state index in [9.17, 15) is 13.2 Å². The number of likely N-dealkylation sites (tertiary alicyclic amines) is 1. The molecule has 0 aromatic heterocycles. The van der Waals surface area contributed by atoms with Crippen molar-refractivity contribution in [3.8, 4) is 0 Å². The van der Waals surface area contributed by atoms with Gasteiger partial charge in [-0.1, -0.05) is 0 Å². The molecule has 0 spiro atoms. The largest absolute Gasteiger partial charge is 0.378 e. The van der Waals surface area contributed by atoms with Gasteiger partial charge in [-0.25, -0.2) is 12.7 Å². The van der Waals surface area contributed by atoms with Crippen molar-refractivity contribution in [3.63, 3.8) is 0 Å². The maximum Gasteiger partial charge on any atom is 0.225 e. The van der Waals surface area contributed by atoms with Crippen LogP contribution in [0, 0.1) is 0 Å². The van der Waals surface area contributed by atoms with Crippen LogP contribution in [-0.4, -0.2) is 88.8 Å². The first-order valence-corrected chi connectivity index (χ1v) is 12.1. The van der Waals surface area contributed by atoms with Gasteiger partial charge < -0.3 is 19.9 Å². The molecule has 2 fully saturated rings. The molecule has 3 rings (SSSR count). The minimum absolute atomic E-state index is 0.000463. The van der Waals surface area contributed by atoms with Crippen molar-refractivity contribution >= 4 is 27.3 Å². The van der Waals surface area contributed by atoms with Crippen molar-refractivity contribution in [2.45, 2.75) is 25.3 Å². The Hall–Kier alpha value is -1.68. The van der Waals surface area contributed by atoms with Crippen molar-refractivity contribution in [3.05, 3.63) is 24.3 Å². The first kappa shape index (κ1) is 22.0. The van der Waals surface area contributed by atoms with Crippen molar-refractivity contribution in [2.24, 2.45) is 0 Å². The SMILES string of the molecule is CN(C1CCN(CCC(=O)Nc2ccc(N3CCOCC3)cc2)CC1)S(C)(=O)=O. The van der Waals surface area contributed by atoms with Crippen LogP contribution in [0.15, 0.2) is 24.3 Å². The van der Waals surface area contributed by atoms with Crippen LogP contribution in [0.5, 0.6) is 0 Å². The smallest absolute Gasteiger partial charge is 0.225 e. The number of anilines is 2. The van der Waals surface area contributed by atoms with Crippen LogP contribution < -0.4 is 10.2 Å². The summed E-state index contributed by atoms with van der Waals surface area (Å²) in [7, 11) is -1.50. The van der Waals surface area contributed by atoms with Gasteiger partial charge in [0.05, 0.1) is 19.5 Å². The average molecular weight is 425 g/mol. The van der Waals surface area contributed by atoms with Gasteiger partial charge in [-0.05, 0) is 50.2 Å². The number of rotatable bonds is 7. The molecule has 8 nitrogen and oxygen atoms in total. The van der Waals surface area contributed by atoms with Gasteiger partial charge >= 0.3 is 0 Å². The van der Waals surface area contributed by atoms with Gasteiger partial charge in [-0.2, -0.15) is 0 Å². The molecule has 0 unspecified atom stereocenters. The zero-order chi connectivity index (χ0) is 20.9. The first-order chi connectivity index (χ1) is 13.8. The van der Waals surface area contributed by atoms with Gasteiger partial charge in [0.15, 0.2) is 0 Å². The van der Waals surface area contributed by atoms with Gasteiger partial charge in [0.1, 0.15) is 0 Å². The zero-order valence-corrected chi connectivity index (χ0v) is 18.2. The molecule has 1 amide bonds.